The molecular weight excluding hydrogens is 376 g/mol. The monoisotopic (exact) mass is 400 g/mol. The van der Waals surface area contributed by atoms with Crippen LogP contribution in [0, 0.1) is 0 Å². The number of para-hydroxylation sites is 1. The van der Waals surface area contributed by atoms with E-state index in [1.807, 2.05) is 48.5 Å². The third-order valence-electron chi connectivity index (χ3n) is 4.77. The zero-order valence-corrected chi connectivity index (χ0v) is 16.7. The van der Waals surface area contributed by atoms with Crippen molar-refractivity contribution in [2.45, 2.75) is 6.04 Å². The van der Waals surface area contributed by atoms with Crippen LogP contribution in [0.3, 0.4) is 0 Å². The van der Waals surface area contributed by atoms with Crippen LogP contribution >= 0.6 is 11.6 Å². The van der Waals surface area contributed by atoms with Gasteiger partial charge in [0.1, 0.15) is 5.75 Å². The quantitative estimate of drug-likeness (QED) is 0.722. The molecule has 1 atom stereocenters. The lowest BCUT2D eigenvalue weighted by Crippen LogP contribution is -2.43. The van der Waals surface area contributed by atoms with Crippen molar-refractivity contribution in [2.24, 2.45) is 0 Å². The predicted molar refractivity (Wildman–Crippen MR) is 112 cm³/mol. The fourth-order valence-corrected chi connectivity index (χ4v) is 3.56. The van der Waals surface area contributed by atoms with Crippen molar-refractivity contribution in [1.82, 2.24) is 10.2 Å². The van der Waals surface area contributed by atoms with Gasteiger partial charge in [0.15, 0.2) is 0 Å². The average Bonchev–Trinajstić information content (AvgIpc) is 2.74. The molecular formula is C22H25ClN2O3. The van der Waals surface area contributed by atoms with Crippen molar-refractivity contribution in [3.63, 3.8) is 0 Å². The van der Waals surface area contributed by atoms with Gasteiger partial charge in [-0.1, -0.05) is 48.0 Å². The zero-order valence-electron chi connectivity index (χ0n) is 15.9. The number of carbonyl (C=O) groups is 1. The van der Waals surface area contributed by atoms with Crippen LogP contribution in [0.25, 0.3) is 6.08 Å². The summed E-state index contributed by atoms with van der Waals surface area (Å²) in [7, 11) is 1.61. The normalized spacial score (nSPS) is 16.1. The molecule has 2 aromatic rings. The van der Waals surface area contributed by atoms with Gasteiger partial charge in [0.05, 0.1) is 26.4 Å². The van der Waals surface area contributed by atoms with Gasteiger partial charge in [-0.3, -0.25) is 9.69 Å². The fourth-order valence-electron chi connectivity index (χ4n) is 3.30. The molecule has 1 amide bonds. The summed E-state index contributed by atoms with van der Waals surface area (Å²) in [6.07, 6.45) is 3.29. The fraction of sp³-hybridized carbons (Fsp3) is 0.318. The molecule has 148 valence electrons. The number of ether oxygens (including phenoxy) is 2. The van der Waals surface area contributed by atoms with Crippen molar-refractivity contribution in [1.29, 1.82) is 0 Å². The van der Waals surface area contributed by atoms with Gasteiger partial charge in [0.25, 0.3) is 0 Å². The number of nitrogens with one attached hydrogen (secondary N) is 1. The third kappa shape index (κ3) is 5.35. The van der Waals surface area contributed by atoms with E-state index in [1.54, 1.807) is 13.2 Å². The maximum Gasteiger partial charge on any atom is 0.244 e. The number of rotatable bonds is 7. The molecule has 0 aliphatic carbocycles. The van der Waals surface area contributed by atoms with Gasteiger partial charge < -0.3 is 14.8 Å². The second-order valence-corrected chi connectivity index (χ2v) is 6.91. The number of hydrogen-bond donors (Lipinski definition) is 1. The lowest BCUT2D eigenvalue weighted by atomic mass is 10.0. The first-order valence-corrected chi connectivity index (χ1v) is 9.72. The van der Waals surface area contributed by atoms with Gasteiger partial charge in [0.2, 0.25) is 5.91 Å². The Kier molecular flexibility index (Phi) is 7.48. The van der Waals surface area contributed by atoms with E-state index in [-0.39, 0.29) is 11.9 Å². The van der Waals surface area contributed by atoms with Crippen LogP contribution in [-0.4, -0.2) is 50.8 Å². The van der Waals surface area contributed by atoms with Gasteiger partial charge in [-0.2, -0.15) is 0 Å². The highest BCUT2D eigenvalue weighted by molar-refractivity contribution is 6.31. The predicted octanol–water partition coefficient (Wildman–Crippen LogP) is 3.55. The second kappa shape index (κ2) is 10.3. The Hall–Kier alpha value is -2.34. The molecule has 1 aliphatic rings. The molecule has 28 heavy (non-hydrogen) atoms. The first-order chi connectivity index (χ1) is 13.7. The van der Waals surface area contributed by atoms with E-state index >= 15 is 0 Å². The largest absolute Gasteiger partial charge is 0.496 e. The minimum Gasteiger partial charge on any atom is -0.496 e. The summed E-state index contributed by atoms with van der Waals surface area (Å²) >= 11 is 6.43. The van der Waals surface area contributed by atoms with Gasteiger partial charge >= 0.3 is 0 Å². The highest BCUT2D eigenvalue weighted by Crippen LogP contribution is 2.27. The number of methoxy groups -OCH3 is 1. The molecule has 3 rings (SSSR count). The Morgan fingerprint density at radius 1 is 1.21 bits per heavy atom. The molecule has 2 aromatic carbocycles. The first-order valence-electron chi connectivity index (χ1n) is 9.34. The number of benzene rings is 2. The smallest absolute Gasteiger partial charge is 0.244 e. The summed E-state index contributed by atoms with van der Waals surface area (Å²) in [5, 5.41) is 3.71. The van der Waals surface area contributed by atoms with E-state index in [0.717, 1.165) is 30.0 Å². The summed E-state index contributed by atoms with van der Waals surface area (Å²) in [4.78, 5) is 14.7. The van der Waals surface area contributed by atoms with Crippen LogP contribution in [0.15, 0.2) is 54.6 Å². The molecule has 5 nitrogen and oxygen atoms in total. The van der Waals surface area contributed by atoms with Gasteiger partial charge in [-0.15, -0.1) is 0 Å². The summed E-state index contributed by atoms with van der Waals surface area (Å²) in [5.41, 5.74) is 1.87. The molecule has 1 saturated heterocycles. The molecule has 1 aliphatic heterocycles. The van der Waals surface area contributed by atoms with Gasteiger partial charge in [-0.25, -0.2) is 0 Å². The Balaban J connectivity index is 1.68. The Morgan fingerprint density at radius 3 is 2.68 bits per heavy atom. The van der Waals surface area contributed by atoms with E-state index in [0.29, 0.717) is 24.8 Å². The number of nitrogens with zero attached hydrogens (tertiary/aromatic N) is 1. The highest BCUT2D eigenvalue weighted by Gasteiger charge is 2.24. The number of halogens is 1. The molecule has 1 fully saturated rings. The molecule has 0 saturated carbocycles. The minimum absolute atomic E-state index is 0.00112. The van der Waals surface area contributed by atoms with E-state index in [4.69, 9.17) is 21.1 Å². The minimum atomic E-state index is -0.156. The molecule has 6 heteroatoms. The van der Waals surface area contributed by atoms with Crippen molar-refractivity contribution in [3.05, 3.63) is 70.8 Å². The highest BCUT2D eigenvalue weighted by atomic mass is 35.5. The van der Waals surface area contributed by atoms with E-state index in [2.05, 4.69) is 10.2 Å². The van der Waals surface area contributed by atoms with Crippen LogP contribution in [0.1, 0.15) is 17.2 Å². The standard InChI is InChI=1S/C22H25ClN2O3/c1-27-21-9-5-2-6-17(21)10-11-22(26)24-16-20(25-12-14-28-15-13-25)18-7-3-4-8-19(18)23/h2-11,20H,12-16H2,1H3,(H,24,26)/b11-10+. The molecule has 1 unspecified atom stereocenters. The van der Waals surface area contributed by atoms with E-state index in [9.17, 15) is 4.79 Å². The van der Waals surface area contributed by atoms with Crippen LogP contribution in [0.5, 0.6) is 5.75 Å². The maximum atomic E-state index is 12.4. The SMILES string of the molecule is COc1ccccc1/C=C/C(=O)NCC(c1ccccc1Cl)N1CCOCC1. The van der Waals surface area contributed by atoms with Crippen LogP contribution in [0.4, 0.5) is 0 Å². The molecule has 0 radical (unpaired) electrons. The van der Waals surface area contributed by atoms with Crippen molar-refractivity contribution in [3.8, 4) is 5.75 Å². The van der Waals surface area contributed by atoms with Crippen LogP contribution < -0.4 is 10.1 Å². The zero-order chi connectivity index (χ0) is 19.8. The van der Waals surface area contributed by atoms with Crippen molar-refractivity contribution in [2.75, 3.05) is 40.0 Å². The van der Waals surface area contributed by atoms with Gasteiger partial charge in [0, 0.05) is 36.3 Å². The molecule has 0 spiro atoms. The topological polar surface area (TPSA) is 50.8 Å². The lowest BCUT2D eigenvalue weighted by molar-refractivity contribution is -0.116. The molecule has 0 bridgehead atoms. The molecule has 0 aromatic heterocycles. The number of hydrogen-bond acceptors (Lipinski definition) is 4. The van der Waals surface area contributed by atoms with E-state index < -0.39 is 0 Å². The summed E-state index contributed by atoms with van der Waals surface area (Å²) in [5.74, 6) is 0.574. The Morgan fingerprint density at radius 2 is 1.93 bits per heavy atom. The van der Waals surface area contributed by atoms with E-state index in [1.165, 1.54) is 6.08 Å². The number of morpholine rings is 1. The second-order valence-electron chi connectivity index (χ2n) is 6.51. The summed E-state index contributed by atoms with van der Waals surface area (Å²) in [6.45, 7) is 3.45. The Labute approximate surface area is 170 Å². The first kappa shape index (κ1) is 20.4. The van der Waals surface area contributed by atoms with Crippen molar-refractivity contribution >= 4 is 23.6 Å². The Bertz CT molecular complexity index is 819. The maximum absolute atomic E-state index is 12.4. The summed E-state index contributed by atoms with van der Waals surface area (Å²) in [6, 6.07) is 15.4. The molecule has 1 N–H and O–H groups in total. The van der Waals surface area contributed by atoms with Crippen LogP contribution in [-0.2, 0) is 9.53 Å². The van der Waals surface area contributed by atoms with Crippen LogP contribution in [0.2, 0.25) is 5.02 Å². The average molecular weight is 401 g/mol. The number of amides is 1. The third-order valence-corrected chi connectivity index (χ3v) is 5.12. The van der Waals surface area contributed by atoms with Gasteiger partial charge in [-0.05, 0) is 23.8 Å². The molecule has 1 heterocycles. The lowest BCUT2D eigenvalue weighted by Gasteiger charge is -2.35. The number of carbonyl (C=O) groups excluding carboxylic acids is 1. The summed E-state index contributed by atoms with van der Waals surface area (Å²) < 4.78 is 10.8. The van der Waals surface area contributed by atoms with Crippen molar-refractivity contribution < 1.29 is 14.3 Å².